The van der Waals surface area contributed by atoms with Crippen LogP contribution in [0.4, 0.5) is 5.69 Å². The summed E-state index contributed by atoms with van der Waals surface area (Å²) in [7, 11) is 1.75. The number of tetrazole rings is 1. The summed E-state index contributed by atoms with van der Waals surface area (Å²) in [6.45, 7) is 1.79. The fourth-order valence-electron chi connectivity index (χ4n) is 3.27. The maximum Gasteiger partial charge on any atom is 0.368 e. The molecule has 0 spiro atoms. The van der Waals surface area contributed by atoms with Gasteiger partial charge >= 0.3 is 5.69 Å². The van der Waals surface area contributed by atoms with Crippen molar-refractivity contribution in [2.24, 2.45) is 7.05 Å². The van der Waals surface area contributed by atoms with Crippen LogP contribution in [0.5, 0.6) is 0 Å². The third-order valence-electron chi connectivity index (χ3n) is 5.01. The van der Waals surface area contributed by atoms with E-state index in [-0.39, 0.29) is 24.2 Å². The molecule has 2 aromatic carbocycles. The third kappa shape index (κ3) is 3.82. The molecule has 0 atom stereocenters. The van der Waals surface area contributed by atoms with Crippen molar-refractivity contribution in [3.8, 4) is 11.4 Å². The monoisotopic (exact) mass is 419 g/mol. The van der Waals surface area contributed by atoms with Gasteiger partial charge in [0.15, 0.2) is 0 Å². The summed E-state index contributed by atoms with van der Waals surface area (Å²) < 4.78 is 5.45. The molecule has 2 heterocycles. The van der Waals surface area contributed by atoms with Crippen LogP contribution >= 0.6 is 0 Å². The maximum atomic E-state index is 12.9. The molecule has 0 saturated carbocycles. The number of benzene rings is 2. The first-order chi connectivity index (χ1) is 15.0. The average molecular weight is 419 g/mol. The maximum absolute atomic E-state index is 12.9. The van der Waals surface area contributed by atoms with Gasteiger partial charge in [0.2, 0.25) is 5.91 Å². The minimum atomic E-state index is -0.443. The van der Waals surface area contributed by atoms with Crippen molar-refractivity contribution in [1.82, 2.24) is 29.2 Å². The fraction of sp³-hybridized carbons (Fsp3) is 0.190. The molecule has 10 heteroatoms. The molecule has 0 saturated heterocycles. The molecular formula is C21H21N7O3. The van der Waals surface area contributed by atoms with Gasteiger partial charge in [-0.05, 0) is 41.6 Å². The first-order valence-corrected chi connectivity index (χ1v) is 9.69. The summed E-state index contributed by atoms with van der Waals surface area (Å²) in [4.78, 5) is 37.8. The van der Waals surface area contributed by atoms with Crippen molar-refractivity contribution in [3.63, 3.8) is 0 Å². The smallest absolute Gasteiger partial charge is 0.320 e. The molecule has 4 rings (SSSR count). The second kappa shape index (κ2) is 8.27. The lowest BCUT2D eigenvalue weighted by Crippen LogP contribution is -2.27. The van der Waals surface area contributed by atoms with Gasteiger partial charge in [-0.25, -0.2) is 9.48 Å². The number of carbonyl (C=O) groups is 1. The van der Waals surface area contributed by atoms with Crippen LogP contribution in [0.3, 0.4) is 0 Å². The summed E-state index contributed by atoms with van der Waals surface area (Å²) in [5.74, 6) is -0.396. The summed E-state index contributed by atoms with van der Waals surface area (Å²) in [6, 6.07) is 18.1. The largest absolute Gasteiger partial charge is 0.368 e. The number of carbonyl (C=O) groups excluding carboxylic acids is 1. The molecule has 2 aromatic heterocycles. The van der Waals surface area contributed by atoms with E-state index in [1.54, 1.807) is 42.9 Å². The zero-order valence-corrected chi connectivity index (χ0v) is 17.1. The molecular weight excluding hydrogens is 398 g/mol. The molecule has 0 unspecified atom stereocenters. The topological polar surface area (TPSA) is 109 Å². The Morgan fingerprint density at radius 2 is 1.55 bits per heavy atom. The van der Waals surface area contributed by atoms with E-state index in [4.69, 9.17) is 0 Å². The lowest BCUT2D eigenvalue weighted by Gasteiger charge is -2.07. The highest BCUT2D eigenvalue weighted by molar-refractivity contribution is 5.91. The SMILES string of the molecule is Cc1c(NC(=O)CCn2nnn(-c3ccccc3)c2=O)c(=O)n(-c2ccccc2)n1C. The quantitative estimate of drug-likeness (QED) is 0.506. The van der Waals surface area contributed by atoms with Gasteiger partial charge in [-0.1, -0.05) is 36.4 Å². The third-order valence-corrected chi connectivity index (χ3v) is 5.01. The molecule has 0 bridgehead atoms. The summed E-state index contributed by atoms with van der Waals surface area (Å²) >= 11 is 0. The van der Waals surface area contributed by atoms with E-state index >= 15 is 0 Å². The number of aryl methyl sites for hydroxylation is 1. The summed E-state index contributed by atoms with van der Waals surface area (Å²) in [6.07, 6.45) is -0.0352. The van der Waals surface area contributed by atoms with Crippen molar-refractivity contribution < 1.29 is 4.79 Å². The van der Waals surface area contributed by atoms with Gasteiger partial charge in [0.1, 0.15) is 5.69 Å². The molecule has 158 valence electrons. The molecule has 0 aliphatic carbocycles. The highest BCUT2D eigenvalue weighted by atomic mass is 16.2. The van der Waals surface area contributed by atoms with Gasteiger partial charge in [0.25, 0.3) is 5.56 Å². The van der Waals surface area contributed by atoms with Crippen LogP contribution in [-0.2, 0) is 18.4 Å². The van der Waals surface area contributed by atoms with Gasteiger partial charge in [-0.3, -0.25) is 14.3 Å². The number of para-hydroxylation sites is 2. The van der Waals surface area contributed by atoms with Crippen LogP contribution in [0.1, 0.15) is 12.1 Å². The average Bonchev–Trinajstić information content (AvgIpc) is 3.25. The molecule has 0 radical (unpaired) electrons. The first-order valence-electron chi connectivity index (χ1n) is 9.69. The number of nitrogens with zero attached hydrogens (tertiary/aromatic N) is 6. The van der Waals surface area contributed by atoms with E-state index in [1.807, 2.05) is 36.4 Å². The Hall–Kier alpha value is -4.21. The van der Waals surface area contributed by atoms with Crippen molar-refractivity contribution in [1.29, 1.82) is 0 Å². The predicted molar refractivity (Wildman–Crippen MR) is 115 cm³/mol. The van der Waals surface area contributed by atoms with Gasteiger partial charge in [0, 0.05) is 13.5 Å². The van der Waals surface area contributed by atoms with Crippen LogP contribution in [-0.4, -0.2) is 35.1 Å². The fourth-order valence-corrected chi connectivity index (χ4v) is 3.27. The lowest BCUT2D eigenvalue weighted by atomic mass is 10.3. The summed E-state index contributed by atoms with van der Waals surface area (Å²) in [5, 5.41) is 10.4. The van der Waals surface area contributed by atoms with Crippen molar-refractivity contribution in [2.45, 2.75) is 19.9 Å². The molecule has 0 aliphatic rings. The van der Waals surface area contributed by atoms with E-state index < -0.39 is 11.6 Å². The number of anilines is 1. The van der Waals surface area contributed by atoms with Crippen LogP contribution < -0.4 is 16.6 Å². The highest BCUT2D eigenvalue weighted by Gasteiger charge is 2.18. The Balaban J connectivity index is 1.49. The minimum Gasteiger partial charge on any atom is -0.320 e. The Morgan fingerprint density at radius 1 is 0.935 bits per heavy atom. The number of amides is 1. The molecule has 1 amide bonds. The molecule has 0 aliphatic heterocycles. The highest BCUT2D eigenvalue weighted by Crippen LogP contribution is 2.14. The molecule has 4 aromatic rings. The Bertz CT molecular complexity index is 1330. The Morgan fingerprint density at radius 3 is 2.19 bits per heavy atom. The van der Waals surface area contributed by atoms with Gasteiger partial charge in [-0.15, -0.1) is 0 Å². The Labute approximate surface area is 176 Å². The molecule has 10 nitrogen and oxygen atoms in total. The first kappa shape index (κ1) is 20.1. The predicted octanol–water partition coefficient (Wildman–Crippen LogP) is 1.26. The van der Waals surface area contributed by atoms with Crippen LogP contribution in [0.25, 0.3) is 11.4 Å². The van der Waals surface area contributed by atoms with Crippen LogP contribution in [0, 0.1) is 6.92 Å². The lowest BCUT2D eigenvalue weighted by molar-refractivity contribution is -0.116. The Kier molecular flexibility index (Phi) is 5.35. The number of aromatic nitrogens is 6. The van der Waals surface area contributed by atoms with Crippen LogP contribution in [0.15, 0.2) is 70.3 Å². The van der Waals surface area contributed by atoms with Gasteiger partial charge in [-0.2, -0.15) is 9.36 Å². The number of nitrogens with one attached hydrogen (secondary N) is 1. The number of hydrogen-bond donors (Lipinski definition) is 1. The van der Waals surface area contributed by atoms with Crippen LogP contribution in [0.2, 0.25) is 0 Å². The van der Waals surface area contributed by atoms with E-state index in [9.17, 15) is 14.4 Å². The summed E-state index contributed by atoms with van der Waals surface area (Å²) in [5.41, 5.74) is 1.34. The van der Waals surface area contributed by atoms with Gasteiger partial charge < -0.3 is 5.32 Å². The van der Waals surface area contributed by atoms with E-state index in [2.05, 4.69) is 15.7 Å². The molecule has 0 fully saturated rings. The van der Waals surface area contributed by atoms with Gasteiger partial charge in [0.05, 0.1) is 23.6 Å². The van der Waals surface area contributed by atoms with Crippen molar-refractivity contribution in [3.05, 3.63) is 87.2 Å². The zero-order chi connectivity index (χ0) is 22.0. The normalized spacial score (nSPS) is 10.9. The zero-order valence-electron chi connectivity index (χ0n) is 17.1. The molecule has 1 N–H and O–H groups in total. The number of rotatable bonds is 6. The van der Waals surface area contributed by atoms with E-state index in [0.29, 0.717) is 17.1 Å². The standard InChI is InChI=1S/C21H21N7O3/c1-15-19(20(30)28(25(15)2)17-11-7-4-8-12-17)22-18(29)13-14-26-21(31)27(24-23-26)16-9-5-3-6-10-16/h3-12H,13-14H2,1-2H3,(H,22,29). The molecule has 31 heavy (non-hydrogen) atoms. The second-order valence-electron chi connectivity index (χ2n) is 6.97. The number of hydrogen-bond acceptors (Lipinski definition) is 5. The van der Waals surface area contributed by atoms with E-state index in [1.165, 1.54) is 4.68 Å². The minimum absolute atomic E-state index is 0.0352. The van der Waals surface area contributed by atoms with Crippen molar-refractivity contribution in [2.75, 3.05) is 5.32 Å². The van der Waals surface area contributed by atoms with E-state index in [0.717, 1.165) is 9.36 Å². The second-order valence-corrected chi connectivity index (χ2v) is 6.97. The van der Waals surface area contributed by atoms with Crippen molar-refractivity contribution >= 4 is 11.6 Å².